The van der Waals surface area contributed by atoms with Crippen LogP contribution in [0.25, 0.3) is 0 Å². The van der Waals surface area contributed by atoms with E-state index in [1.165, 1.54) is 7.11 Å². The van der Waals surface area contributed by atoms with Gasteiger partial charge in [0.15, 0.2) is 0 Å². The third-order valence-corrected chi connectivity index (χ3v) is 2.84. The maximum atomic E-state index is 13.5. The molecule has 4 heteroatoms. The molecule has 1 rings (SSSR count). The largest absolute Gasteiger partial charge is 0.469 e. The second kappa shape index (κ2) is 5.29. The second-order valence-corrected chi connectivity index (χ2v) is 3.94. The molecule has 0 radical (unpaired) electrons. The average molecular weight is 203 g/mol. The summed E-state index contributed by atoms with van der Waals surface area (Å²) >= 11 is 0. The molecule has 0 unspecified atom stereocenters. The quantitative estimate of drug-likeness (QED) is 0.632. The number of likely N-dealkylation sites (tertiary alicyclic amines) is 1. The first kappa shape index (κ1) is 11.4. The molecular formula is C10H18FNO2. The van der Waals surface area contributed by atoms with Gasteiger partial charge in [-0.3, -0.25) is 4.79 Å². The Hall–Kier alpha value is -0.640. The van der Waals surface area contributed by atoms with Gasteiger partial charge in [-0.1, -0.05) is 0 Å². The van der Waals surface area contributed by atoms with Crippen LogP contribution in [0, 0.1) is 5.92 Å². The van der Waals surface area contributed by atoms with Crippen LogP contribution in [0.3, 0.4) is 0 Å². The molecule has 1 fully saturated rings. The van der Waals surface area contributed by atoms with E-state index in [-0.39, 0.29) is 18.3 Å². The highest BCUT2D eigenvalue weighted by Gasteiger charge is 2.27. The Kier molecular flexibility index (Phi) is 4.32. The van der Waals surface area contributed by atoms with Gasteiger partial charge in [0.1, 0.15) is 6.17 Å². The average Bonchev–Trinajstić information content (AvgIpc) is 2.33. The van der Waals surface area contributed by atoms with Crippen LogP contribution in [0.2, 0.25) is 0 Å². The van der Waals surface area contributed by atoms with E-state index in [0.717, 1.165) is 19.5 Å². The van der Waals surface area contributed by atoms with Crippen molar-refractivity contribution in [1.29, 1.82) is 0 Å². The Labute approximate surface area is 84.2 Å². The first-order valence-electron chi connectivity index (χ1n) is 5.03. The SMILES string of the molecule is COC(=O)C[C@@H]1CCN(C)CC[C@H]1F. The van der Waals surface area contributed by atoms with Gasteiger partial charge in [-0.15, -0.1) is 0 Å². The zero-order valence-electron chi connectivity index (χ0n) is 8.83. The molecule has 1 saturated heterocycles. The lowest BCUT2D eigenvalue weighted by molar-refractivity contribution is -0.142. The van der Waals surface area contributed by atoms with E-state index >= 15 is 0 Å². The highest BCUT2D eigenvalue weighted by molar-refractivity contribution is 5.69. The minimum absolute atomic E-state index is 0.160. The van der Waals surface area contributed by atoms with Crippen LogP contribution in [0.4, 0.5) is 4.39 Å². The molecule has 0 spiro atoms. The van der Waals surface area contributed by atoms with E-state index in [1.54, 1.807) is 0 Å². The van der Waals surface area contributed by atoms with E-state index in [9.17, 15) is 9.18 Å². The normalized spacial score (nSPS) is 29.6. The van der Waals surface area contributed by atoms with Crippen molar-refractivity contribution in [2.24, 2.45) is 5.92 Å². The zero-order valence-corrected chi connectivity index (χ0v) is 8.83. The molecular weight excluding hydrogens is 185 g/mol. The van der Waals surface area contributed by atoms with E-state index in [0.29, 0.717) is 6.42 Å². The molecule has 0 aliphatic carbocycles. The molecule has 14 heavy (non-hydrogen) atoms. The second-order valence-electron chi connectivity index (χ2n) is 3.94. The van der Waals surface area contributed by atoms with E-state index < -0.39 is 6.17 Å². The van der Waals surface area contributed by atoms with Crippen LogP contribution in [0.15, 0.2) is 0 Å². The third kappa shape index (κ3) is 3.25. The van der Waals surface area contributed by atoms with Crippen LogP contribution in [-0.2, 0) is 9.53 Å². The van der Waals surface area contributed by atoms with Crippen molar-refractivity contribution in [2.75, 3.05) is 27.2 Å². The highest BCUT2D eigenvalue weighted by atomic mass is 19.1. The van der Waals surface area contributed by atoms with Crippen LogP contribution in [-0.4, -0.2) is 44.3 Å². The summed E-state index contributed by atoms with van der Waals surface area (Å²) in [6.07, 6.45) is 0.621. The Morgan fingerprint density at radius 1 is 1.50 bits per heavy atom. The summed E-state index contributed by atoms with van der Waals surface area (Å²) < 4.78 is 18.1. The fourth-order valence-corrected chi connectivity index (χ4v) is 1.79. The number of halogens is 1. The molecule has 0 aromatic rings. The smallest absolute Gasteiger partial charge is 0.305 e. The predicted molar refractivity (Wildman–Crippen MR) is 51.8 cm³/mol. The highest BCUT2D eigenvalue weighted by Crippen LogP contribution is 2.23. The monoisotopic (exact) mass is 203 g/mol. The number of hydrogen-bond donors (Lipinski definition) is 0. The molecule has 0 aromatic heterocycles. The van der Waals surface area contributed by atoms with Gasteiger partial charge < -0.3 is 9.64 Å². The number of esters is 1. The summed E-state index contributed by atoms with van der Waals surface area (Å²) in [5.74, 6) is -0.463. The fourth-order valence-electron chi connectivity index (χ4n) is 1.79. The van der Waals surface area contributed by atoms with E-state index in [2.05, 4.69) is 9.64 Å². The van der Waals surface area contributed by atoms with E-state index in [4.69, 9.17) is 0 Å². The van der Waals surface area contributed by atoms with Crippen molar-refractivity contribution in [3.8, 4) is 0 Å². The lowest BCUT2D eigenvalue weighted by Gasteiger charge is -2.16. The lowest BCUT2D eigenvalue weighted by Crippen LogP contribution is -2.20. The van der Waals surface area contributed by atoms with Crippen LogP contribution >= 0.6 is 0 Å². The fraction of sp³-hybridized carbons (Fsp3) is 0.900. The molecule has 0 N–H and O–H groups in total. The molecule has 82 valence electrons. The van der Waals surface area contributed by atoms with Crippen molar-refractivity contribution in [3.05, 3.63) is 0 Å². The molecule has 1 aliphatic rings. The van der Waals surface area contributed by atoms with Gasteiger partial charge in [0.25, 0.3) is 0 Å². The maximum Gasteiger partial charge on any atom is 0.305 e. The number of hydrogen-bond acceptors (Lipinski definition) is 3. The van der Waals surface area contributed by atoms with Crippen LogP contribution in [0.5, 0.6) is 0 Å². The van der Waals surface area contributed by atoms with Gasteiger partial charge >= 0.3 is 5.97 Å². The Balaban J connectivity index is 2.45. The van der Waals surface area contributed by atoms with Crippen LogP contribution in [0.1, 0.15) is 19.3 Å². The van der Waals surface area contributed by atoms with Crippen molar-refractivity contribution in [2.45, 2.75) is 25.4 Å². The number of rotatable bonds is 2. The van der Waals surface area contributed by atoms with Crippen molar-refractivity contribution >= 4 is 5.97 Å². The molecule has 1 aliphatic heterocycles. The summed E-state index contributed by atoms with van der Waals surface area (Å²) in [4.78, 5) is 13.1. The van der Waals surface area contributed by atoms with E-state index in [1.807, 2.05) is 7.05 Å². The Bertz CT molecular complexity index is 199. The standard InChI is InChI=1S/C10H18FNO2/c1-12-5-3-8(7-10(13)14-2)9(11)4-6-12/h8-9H,3-7H2,1-2H3/t8-,9+/m0/s1. The number of carbonyl (C=O) groups is 1. The van der Waals surface area contributed by atoms with Crippen molar-refractivity contribution in [1.82, 2.24) is 4.90 Å². The van der Waals surface area contributed by atoms with Gasteiger partial charge in [-0.25, -0.2) is 4.39 Å². The zero-order chi connectivity index (χ0) is 10.6. The van der Waals surface area contributed by atoms with Gasteiger partial charge in [0, 0.05) is 12.5 Å². The molecule has 0 bridgehead atoms. The Morgan fingerprint density at radius 3 is 2.79 bits per heavy atom. The molecule has 1 heterocycles. The molecule has 2 atom stereocenters. The van der Waals surface area contributed by atoms with Gasteiger partial charge in [-0.05, 0) is 26.4 Å². The predicted octanol–water partition coefficient (Wildman–Crippen LogP) is 1.23. The first-order chi connectivity index (χ1) is 6.63. The minimum Gasteiger partial charge on any atom is -0.469 e. The Morgan fingerprint density at radius 2 is 2.14 bits per heavy atom. The summed E-state index contributed by atoms with van der Waals surface area (Å²) in [7, 11) is 3.33. The number of methoxy groups -OCH3 is 1. The molecule has 0 amide bonds. The topological polar surface area (TPSA) is 29.5 Å². The lowest BCUT2D eigenvalue weighted by atomic mass is 9.95. The summed E-state index contributed by atoms with van der Waals surface area (Å²) in [5.41, 5.74) is 0. The number of carbonyl (C=O) groups excluding carboxylic acids is 1. The van der Waals surface area contributed by atoms with Gasteiger partial charge in [0.05, 0.1) is 13.5 Å². The maximum absolute atomic E-state index is 13.5. The molecule has 3 nitrogen and oxygen atoms in total. The summed E-state index contributed by atoms with van der Waals surface area (Å²) in [5, 5.41) is 0. The van der Waals surface area contributed by atoms with Crippen molar-refractivity contribution < 1.29 is 13.9 Å². The number of nitrogens with zero attached hydrogens (tertiary/aromatic N) is 1. The first-order valence-corrected chi connectivity index (χ1v) is 5.03. The molecule has 0 aromatic carbocycles. The minimum atomic E-state index is -0.862. The number of ether oxygens (including phenoxy) is 1. The molecule has 0 saturated carbocycles. The van der Waals surface area contributed by atoms with Gasteiger partial charge in [0.2, 0.25) is 0 Å². The van der Waals surface area contributed by atoms with Crippen molar-refractivity contribution in [3.63, 3.8) is 0 Å². The van der Waals surface area contributed by atoms with Gasteiger partial charge in [-0.2, -0.15) is 0 Å². The summed E-state index contributed by atoms with van der Waals surface area (Å²) in [6.45, 7) is 1.64. The summed E-state index contributed by atoms with van der Waals surface area (Å²) in [6, 6.07) is 0. The number of alkyl halides is 1. The third-order valence-electron chi connectivity index (χ3n) is 2.84. The van der Waals surface area contributed by atoms with Crippen LogP contribution < -0.4 is 0 Å².